The van der Waals surface area contributed by atoms with Crippen LogP contribution < -0.4 is 14.8 Å². The Bertz CT molecular complexity index is 698. The third kappa shape index (κ3) is 4.97. The summed E-state index contributed by atoms with van der Waals surface area (Å²) in [5.74, 6) is 2.02. The molecule has 2 fully saturated rings. The highest BCUT2D eigenvalue weighted by atomic mass is 16.5. The molecule has 0 spiro atoms. The Morgan fingerprint density at radius 1 is 1.14 bits per heavy atom. The summed E-state index contributed by atoms with van der Waals surface area (Å²) in [6.07, 6.45) is 5.49. The van der Waals surface area contributed by atoms with E-state index in [4.69, 9.17) is 9.47 Å². The molecule has 1 unspecified atom stereocenters. The quantitative estimate of drug-likeness (QED) is 0.780. The minimum absolute atomic E-state index is 0.0431. The molecule has 1 atom stereocenters. The van der Waals surface area contributed by atoms with Crippen LogP contribution in [-0.2, 0) is 16.0 Å². The number of hydrogen-bond acceptors (Lipinski definition) is 4. The van der Waals surface area contributed by atoms with E-state index in [2.05, 4.69) is 12.2 Å². The molecule has 154 valence electrons. The van der Waals surface area contributed by atoms with Gasteiger partial charge in [0.25, 0.3) is 0 Å². The van der Waals surface area contributed by atoms with Crippen LogP contribution in [-0.4, -0.2) is 50.1 Å². The van der Waals surface area contributed by atoms with E-state index in [0.29, 0.717) is 31.0 Å². The zero-order chi connectivity index (χ0) is 20.1. The molecule has 2 aliphatic rings. The average Bonchev–Trinajstić information content (AvgIpc) is 3.08. The lowest BCUT2D eigenvalue weighted by atomic mass is 9.87. The number of rotatable bonds is 7. The van der Waals surface area contributed by atoms with Gasteiger partial charge in [-0.3, -0.25) is 9.59 Å². The van der Waals surface area contributed by atoms with E-state index < -0.39 is 0 Å². The van der Waals surface area contributed by atoms with Gasteiger partial charge in [0, 0.05) is 25.6 Å². The lowest BCUT2D eigenvalue weighted by Crippen LogP contribution is -2.41. The summed E-state index contributed by atoms with van der Waals surface area (Å²) in [4.78, 5) is 26.8. The Morgan fingerprint density at radius 2 is 1.86 bits per heavy atom. The van der Waals surface area contributed by atoms with Gasteiger partial charge in [-0.15, -0.1) is 0 Å². The summed E-state index contributed by atoms with van der Waals surface area (Å²) >= 11 is 0. The van der Waals surface area contributed by atoms with Crippen molar-refractivity contribution < 1.29 is 19.1 Å². The van der Waals surface area contributed by atoms with E-state index in [1.807, 2.05) is 23.1 Å². The van der Waals surface area contributed by atoms with Crippen molar-refractivity contribution in [3.63, 3.8) is 0 Å². The summed E-state index contributed by atoms with van der Waals surface area (Å²) in [5.41, 5.74) is 1.08. The Morgan fingerprint density at radius 3 is 2.54 bits per heavy atom. The lowest BCUT2D eigenvalue weighted by molar-refractivity contribution is -0.129. The first kappa shape index (κ1) is 20.5. The molecule has 0 radical (unpaired) electrons. The second-order valence-electron chi connectivity index (χ2n) is 8.15. The minimum atomic E-state index is -0.225. The third-order valence-corrected chi connectivity index (χ3v) is 6.07. The number of carbonyl (C=O) groups excluding carboxylic acids is 2. The number of ether oxygens (including phenoxy) is 2. The van der Waals surface area contributed by atoms with Gasteiger partial charge in [-0.05, 0) is 55.7 Å². The van der Waals surface area contributed by atoms with E-state index >= 15 is 0 Å². The first-order valence-electron chi connectivity index (χ1n) is 10.3. The standard InChI is InChI=1S/C22H32N2O4/c1-15-4-7-18(8-5-15)23-22(26)17-13-21(25)24(14-17)11-10-16-6-9-19(27-2)20(12-16)28-3/h6,9,12,15,17-18H,4-5,7-8,10-11,13-14H2,1-3H3,(H,23,26). The number of hydrogen-bond donors (Lipinski definition) is 1. The molecule has 1 aromatic carbocycles. The second kappa shape index (κ2) is 9.30. The SMILES string of the molecule is COc1ccc(CCN2CC(C(=O)NC3CCC(C)CC3)CC2=O)cc1OC. The van der Waals surface area contributed by atoms with Crippen molar-refractivity contribution in [2.45, 2.75) is 51.5 Å². The Balaban J connectivity index is 1.50. The fourth-order valence-electron chi connectivity index (χ4n) is 4.19. The van der Waals surface area contributed by atoms with Crippen LogP contribution in [0.2, 0.25) is 0 Å². The van der Waals surface area contributed by atoms with Crippen LogP contribution in [0.3, 0.4) is 0 Å². The van der Waals surface area contributed by atoms with Crippen LogP contribution >= 0.6 is 0 Å². The van der Waals surface area contributed by atoms with Crippen molar-refractivity contribution in [2.75, 3.05) is 27.3 Å². The van der Waals surface area contributed by atoms with Crippen molar-refractivity contribution in [3.05, 3.63) is 23.8 Å². The summed E-state index contributed by atoms with van der Waals surface area (Å²) in [6, 6.07) is 6.07. The van der Waals surface area contributed by atoms with Gasteiger partial charge in [-0.1, -0.05) is 13.0 Å². The van der Waals surface area contributed by atoms with Gasteiger partial charge in [0.2, 0.25) is 11.8 Å². The summed E-state index contributed by atoms with van der Waals surface area (Å²) in [6.45, 7) is 3.39. The topological polar surface area (TPSA) is 67.9 Å². The molecule has 1 saturated heterocycles. The summed E-state index contributed by atoms with van der Waals surface area (Å²) < 4.78 is 10.6. The van der Waals surface area contributed by atoms with Crippen LogP contribution in [0, 0.1) is 11.8 Å². The van der Waals surface area contributed by atoms with Gasteiger partial charge in [-0.2, -0.15) is 0 Å². The number of methoxy groups -OCH3 is 2. The maximum atomic E-state index is 12.6. The molecular formula is C22H32N2O4. The molecule has 1 saturated carbocycles. The molecule has 1 heterocycles. The molecule has 1 aromatic rings. The molecule has 1 N–H and O–H groups in total. The van der Waals surface area contributed by atoms with Crippen LogP contribution in [0.25, 0.3) is 0 Å². The van der Waals surface area contributed by atoms with E-state index in [9.17, 15) is 9.59 Å². The highest BCUT2D eigenvalue weighted by Gasteiger charge is 2.35. The van der Waals surface area contributed by atoms with E-state index in [1.54, 1.807) is 14.2 Å². The van der Waals surface area contributed by atoms with Crippen molar-refractivity contribution >= 4 is 11.8 Å². The molecule has 0 aromatic heterocycles. The average molecular weight is 389 g/mol. The fourth-order valence-corrected chi connectivity index (χ4v) is 4.19. The van der Waals surface area contributed by atoms with Crippen LogP contribution in [0.15, 0.2) is 18.2 Å². The van der Waals surface area contributed by atoms with Gasteiger partial charge in [-0.25, -0.2) is 0 Å². The highest BCUT2D eigenvalue weighted by Crippen LogP contribution is 2.28. The van der Waals surface area contributed by atoms with E-state index in [-0.39, 0.29) is 23.8 Å². The van der Waals surface area contributed by atoms with E-state index in [1.165, 1.54) is 12.8 Å². The normalized spacial score (nSPS) is 24.9. The molecule has 6 nitrogen and oxygen atoms in total. The first-order chi connectivity index (χ1) is 13.5. The maximum Gasteiger partial charge on any atom is 0.225 e. The van der Waals surface area contributed by atoms with Gasteiger partial charge in [0.15, 0.2) is 11.5 Å². The van der Waals surface area contributed by atoms with Crippen molar-refractivity contribution in [1.82, 2.24) is 10.2 Å². The summed E-state index contributed by atoms with van der Waals surface area (Å²) in [5, 5.41) is 3.18. The first-order valence-corrected chi connectivity index (χ1v) is 10.3. The predicted molar refractivity (Wildman–Crippen MR) is 107 cm³/mol. The summed E-state index contributed by atoms with van der Waals surface area (Å²) in [7, 11) is 3.22. The number of nitrogens with zero attached hydrogens (tertiary/aromatic N) is 1. The third-order valence-electron chi connectivity index (χ3n) is 6.07. The largest absolute Gasteiger partial charge is 0.493 e. The molecular weight excluding hydrogens is 356 g/mol. The molecule has 0 bridgehead atoms. The Kier molecular flexibility index (Phi) is 6.81. The van der Waals surface area contributed by atoms with Crippen LogP contribution in [0.5, 0.6) is 11.5 Å². The second-order valence-corrected chi connectivity index (χ2v) is 8.15. The van der Waals surface area contributed by atoms with Crippen molar-refractivity contribution in [1.29, 1.82) is 0 Å². The van der Waals surface area contributed by atoms with E-state index in [0.717, 1.165) is 30.7 Å². The monoisotopic (exact) mass is 388 g/mol. The molecule has 6 heteroatoms. The van der Waals surface area contributed by atoms with Gasteiger partial charge in [0.1, 0.15) is 0 Å². The van der Waals surface area contributed by atoms with Gasteiger partial charge in [0.05, 0.1) is 20.1 Å². The molecule has 3 rings (SSSR count). The van der Waals surface area contributed by atoms with Crippen LogP contribution in [0.1, 0.15) is 44.6 Å². The smallest absolute Gasteiger partial charge is 0.225 e. The van der Waals surface area contributed by atoms with Crippen molar-refractivity contribution in [3.8, 4) is 11.5 Å². The number of benzene rings is 1. The number of nitrogens with one attached hydrogen (secondary N) is 1. The predicted octanol–water partition coefficient (Wildman–Crippen LogP) is 2.79. The van der Waals surface area contributed by atoms with Crippen molar-refractivity contribution in [2.24, 2.45) is 11.8 Å². The van der Waals surface area contributed by atoms with Crippen LogP contribution in [0.4, 0.5) is 0 Å². The molecule has 1 aliphatic carbocycles. The van der Waals surface area contributed by atoms with Gasteiger partial charge >= 0.3 is 0 Å². The zero-order valence-corrected chi connectivity index (χ0v) is 17.2. The fraction of sp³-hybridized carbons (Fsp3) is 0.636. The lowest BCUT2D eigenvalue weighted by Gasteiger charge is -2.27. The Hall–Kier alpha value is -2.24. The highest BCUT2D eigenvalue weighted by molar-refractivity contribution is 5.89. The molecule has 1 aliphatic heterocycles. The zero-order valence-electron chi connectivity index (χ0n) is 17.2. The number of amides is 2. The minimum Gasteiger partial charge on any atom is -0.493 e. The number of carbonyl (C=O) groups is 2. The Labute approximate surface area is 167 Å². The molecule has 2 amide bonds. The molecule has 28 heavy (non-hydrogen) atoms. The maximum absolute atomic E-state index is 12.6. The number of likely N-dealkylation sites (tertiary alicyclic amines) is 1. The van der Waals surface area contributed by atoms with Gasteiger partial charge < -0.3 is 19.7 Å².